The van der Waals surface area contributed by atoms with E-state index in [9.17, 15) is 4.79 Å². The molecule has 2 heterocycles. The summed E-state index contributed by atoms with van der Waals surface area (Å²) in [6.07, 6.45) is 1.57. The summed E-state index contributed by atoms with van der Waals surface area (Å²) >= 11 is 12.4. The second-order valence-corrected chi connectivity index (χ2v) is 7.71. The predicted octanol–water partition coefficient (Wildman–Crippen LogP) is 3.58. The van der Waals surface area contributed by atoms with Crippen LogP contribution in [-0.2, 0) is 4.74 Å². The first-order valence-corrected chi connectivity index (χ1v) is 9.89. The lowest BCUT2D eigenvalue weighted by Crippen LogP contribution is -2.40. The first-order valence-electron chi connectivity index (χ1n) is 9.14. The van der Waals surface area contributed by atoms with Crippen molar-refractivity contribution < 1.29 is 9.53 Å². The summed E-state index contributed by atoms with van der Waals surface area (Å²) in [6.45, 7) is 2.90. The van der Waals surface area contributed by atoms with Gasteiger partial charge in [-0.25, -0.2) is 4.98 Å². The third-order valence-electron chi connectivity index (χ3n) is 4.73. The van der Waals surface area contributed by atoms with Gasteiger partial charge in [-0.1, -0.05) is 35.3 Å². The zero-order valence-electron chi connectivity index (χ0n) is 16.0. The normalized spacial score (nSPS) is 15.5. The maximum absolute atomic E-state index is 12.6. The third-order valence-corrected chi connectivity index (χ3v) is 5.27. The highest BCUT2D eigenvalue weighted by Crippen LogP contribution is 2.25. The quantitative estimate of drug-likeness (QED) is 0.770. The van der Waals surface area contributed by atoms with Crippen LogP contribution in [0.25, 0.3) is 0 Å². The molecule has 1 unspecified atom stereocenters. The van der Waals surface area contributed by atoms with E-state index in [1.165, 1.54) is 0 Å². The second-order valence-electron chi connectivity index (χ2n) is 6.87. The lowest BCUT2D eigenvalue weighted by molar-refractivity contribution is 0.0302. The fourth-order valence-corrected chi connectivity index (χ4v) is 3.47. The van der Waals surface area contributed by atoms with Crippen molar-refractivity contribution in [3.63, 3.8) is 0 Å². The van der Waals surface area contributed by atoms with Crippen molar-refractivity contribution in [1.29, 1.82) is 0 Å². The highest BCUT2D eigenvalue weighted by molar-refractivity contribution is 6.33. The molecule has 8 heteroatoms. The van der Waals surface area contributed by atoms with Crippen LogP contribution in [0.4, 0.5) is 5.82 Å². The Bertz CT molecular complexity index is 808. The zero-order valence-corrected chi connectivity index (χ0v) is 17.5. The number of aromatic nitrogens is 1. The van der Waals surface area contributed by atoms with E-state index < -0.39 is 0 Å². The van der Waals surface area contributed by atoms with Gasteiger partial charge in [0.15, 0.2) is 0 Å². The predicted molar refractivity (Wildman–Crippen MR) is 112 cm³/mol. The number of pyridine rings is 1. The standard InChI is InChI=1S/C20H24Cl2N4O2/c1-25(2)18(14-3-5-16(21)6-4-14)13-24-19-17(22)11-15(12-23-19)20(27)26-7-9-28-10-8-26/h3-6,11-12,18H,7-10,13H2,1-2H3,(H,23,24). The van der Waals surface area contributed by atoms with Crippen molar-refractivity contribution in [2.24, 2.45) is 0 Å². The van der Waals surface area contributed by atoms with Crippen LogP contribution in [0.5, 0.6) is 0 Å². The zero-order chi connectivity index (χ0) is 20.1. The van der Waals surface area contributed by atoms with E-state index in [0.29, 0.717) is 54.3 Å². The van der Waals surface area contributed by atoms with E-state index in [1.807, 2.05) is 38.4 Å². The van der Waals surface area contributed by atoms with E-state index in [1.54, 1.807) is 17.2 Å². The van der Waals surface area contributed by atoms with Gasteiger partial charge in [-0.3, -0.25) is 4.79 Å². The van der Waals surface area contributed by atoms with E-state index in [-0.39, 0.29) is 11.9 Å². The maximum atomic E-state index is 12.6. The second kappa shape index (κ2) is 9.56. The Balaban J connectivity index is 1.68. The van der Waals surface area contributed by atoms with Crippen LogP contribution >= 0.6 is 23.2 Å². The number of nitrogens with one attached hydrogen (secondary N) is 1. The number of amides is 1. The van der Waals surface area contributed by atoms with Crippen LogP contribution in [-0.4, -0.2) is 67.6 Å². The van der Waals surface area contributed by atoms with Crippen LogP contribution in [0.1, 0.15) is 22.0 Å². The van der Waals surface area contributed by atoms with Crippen molar-refractivity contribution in [1.82, 2.24) is 14.8 Å². The van der Waals surface area contributed by atoms with Gasteiger partial charge in [0.1, 0.15) is 5.82 Å². The molecule has 0 spiro atoms. The van der Waals surface area contributed by atoms with Gasteiger partial charge in [0.25, 0.3) is 5.91 Å². The number of rotatable bonds is 6. The van der Waals surface area contributed by atoms with E-state index in [0.717, 1.165) is 5.56 Å². The minimum absolute atomic E-state index is 0.0726. The fraction of sp³-hybridized carbons (Fsp3) is 0.400. The van der Waals surface area contributed by atoms with Gasteiger partial charge in [0.05, 0.1) is 29.8 Å². The van der Waals surface area contributed by atoms with Gasteiger partial charge < -0.3 is 19.9 Å². The summed E-state index contributed by atoms with van der Waals surface area (Å²) in [7, 11) is 4.03. The monoisotopic (exact) mass is 422 g/mol. The van der Waals surface area contributed by atoms with Gasteiger partial charge in [-0.2, -0.15) is 0 Å². The molecule has 1 aliphatic heterocycles. The molecule has 2 aromatic rings. The average molecular weight is 423 g/mol. The lowest BCUT2D eigenvalue weighted by atomic mass is 10.1. The first kappa shape index (κ1) is 20.9. The van der Waals surface area contributed by atoms with Gasteiger partial charge in [-0.05, 0) is 37.9 Å². The molecule has 1 aromatic carbocycles. The van der Waals surface area contributed by atoms with Crippen molar-refractivity contribution >= 4 is 34.9 Å². The first-order chi connectivity index (χ1) is 13.5. The summed E-state index contributed by atoms with van der Waals surface area (Å²) in [4.78, 5) is 20.8. The van der Waals surface area contributed by atoms with Crippen LogP contribution < -0.4 is 5.32 Å². The molecule has 0 saturated carbocycles. The fourth-order valence-electron chi connectivity index (χ4n) is 3.11. The summed E-state index contributed by atoms with van der Waals surface area (Å²) < 4.78 is 5.29. The minimum atomic E-state index is -0.0726. The van der Waals surface area contributed by atoms with E-state index in [2.05, 4.69) is 15.2 Å². The molecule has 1 amide bonds. The summed E-state index contributed by atoms with van der Waals surface area (Å²) in [5.74, 6) is 0.484. The average Bonchev–Trinajstić information content (AvgIpc) is 2.70. The Morgan fingerprint density at radius 1 is 1.25 bits per heavy atom. The largest absolute Gasteiger partial charge is 0.378 e. The molecule has 150 valence electrons. The number of likely N-dealkylation sites (N-methyl/N-ethyl adjacent to an activating group) is 1. The molecule has 1 aliphatic rings. The highest BCUT2D eigenvalue weighted by Gasteiger charge is 2.20. The highest BCUT2D eigenvalue weighted by atomic mass is 35.5. The topological polar surface area (TPSA) is 57.7 Å². The molecule has 1 N–H and O–H groups in total. The summed E-state index contributed by atoms with van der Waals surface area (Å²) in [6, 6.07) is 9.56. The van der Waals surface area contributed by atoms with Crippen molar-refractivity contribution in [3.8, 4) is 0 Å². The van der Waals surface area contributed by atoms with Crippen LogP contribution in [0.3, 0.4) is 0 Å². The van der Waals surface area contributed by atoms with Crippen molar-refractivity contribution in [2.45, 2.75) is 6.04 Å². The van der Waals surface area contributed by atoms with Gasteiger partial charge in [0, 0.05) is 30.9 Å². The molecule has 6 nitrogen and oxygen atoms in total. The Morgan fingerprint density at radius 2 is 1.93 bits per heavy atom. The number of hydrogen-bond donors (Lipinski definition) is 1. The molecule has 3 rings (SSSR count). The summed E-state index contributed by atoms with van der Waals surface area (Å²) in [5, 5.41) is 4.42. The molecule has 0 bridgehead atoms. The Morgan fingerprint density at radius 3 is 2.54 bits per heavy atom. The number of carbonyl (C=O) groups excluding carboxylic acids is 1. The van der Waals surface area contributed by atoms with Gasteiger partial charge in [0.2, 0.25) is 0 Å². The van der Waals surface area contributed by atoms with Gasteiger partial charge in [-0.15, -0.1) is 0 Å². The lowest BCUT2D eigenvalue weighted by Gasteiger charge is -2.27. The SMILES string of the molecule is CN(C)C(CNc1ncc(C(=O)N2CCOCC2)cc1Cl)c1ccc(Cl)cc1. The molecule has 28 heavy (non-hydrogen) atoms. The number of ether oxygens (including phenoxy) is 1. The van der Waals surface area contributed by atoms with Crippen LogP contribution in [0, 0.1) is 0 Å². The smallest absolute Gasteiger partial charge is 0.255 e. The molecule has 0 radical (unpaired) electrons. The number of carbonyl (C=O) groups is 1. The molecule has 1 saturated heterocycles. The molecule has 1 atom stereocenters. The van der Waals surface area contributed by atoms with E-state index >= 15 is 0 Å². The molecular weight excluding hydrogens is 399 g/mol. The molecule has 1 fully saturated rings. The van der Waals surface area contributed by atoms with E-state index in [4.69, 9.17) is 27.9 Å². The third kappa shape index (κ3) is 5.14. The maximum Gasteiger partial charge on any atom is 0.255 e. The van der Waals surface area contributed by atoms with Crippen LogP contribution in [0.15, 0.2) is 36.5 Å². The number of nitrogens with zero attached hydrogens (tertiary/aromatic N) is 3. The minimum Gasteiger partial charge on any atom is -0.378 e. The van der Waals surface area contributed by atoms with Crippen LogP contribution in [0.2, 0.25) is 10.0 Å². The molecule has 0 aliphatic carbocycles. The number of anilines is 1. The van der Waals surface area contributed by atoms with Crippen molar-refractivity contribution in [3.05, 3.63) is 57.7 Å². The number of benzene rings is 1. The van der Waals surface area contributed by atoms with Gasteiger partial charge >= 0.3 is 0 Å². The molecule has 1 aromatic heterocycles. The Kier molecular flexibility index (Phi) is 7.13. The summed E-state index contributed by atoms with van der Waals surface area (Å²) in [5.41, 5.74) is 1.62. The number of hydrogen-bond acceptors (Lipinski definition) is 5. The number of morpholine rings is 1. The number of halogens is 2. The Hall–Kier alpha value is -1.86. The molecular formula is C20H24Cl2N4O2. The van der Waals surface area contributed by atoms with Crippen molar-refractivity contribution in [2.75, 3.05) is 52.3 Å². The Labute approximate surface area is 175 Å².